The minimum absolute atomic E-state index is 0.257. The summed E-state index contributed by atoms with van der Waals surface area (Å²) in [5.41, 5.74) is 4.74. The molecule has 0 aromatic heterocycles. The molecule has 0 radical (unpaired) electrons. The van der Waals surface area contributed by atoms with Gasteiger partial charge < -0.3 is 10.1 Å². The van der Waals surface area contributed by atoms with Crippen LogP contribution in [0.3, 0.4) is 0 Å². The molecule has 0 unspecified atom stereocenters. The van der Waals surface area contributed by atoms with Crippen molar-refractivity contribution in [1.29, 1.82) is 0 Å². The summed E-state index contributed by atoms with van der Waals surface area (Å²) < 4.78 is 6.45. The van der Waals surface area contributed by atoms with Crippen molar-refractivity contribution in [3.05, 3.63) is 112 Å². The summed E-state index contributed by atoms with van der Waals surface area (Å²) in [5, 5.41) is 8.30. The SMILES string of the molecule is Cc1cccc(C(=O)Oc2ccc3ccccc3c2/C=N\NC(=O)CNC(=O)c2cccc(Br)c2)c1. The molecule has 36 heavy (non-hydrogen) atoms. The number of halogens is 1. The second-order valence-corrected chi connectivity index (χ2v) is 8.86. The lowest BCUT2D eigenvalue weighted by molar-refractivity contribution is -0.120. The molecular weight excluding hydrogens is 522 g/mol. The highest BCUT2D eigenvalue weighted by molar-refractivity contribution is 9.10. The molecule has 4 rings (SSSR count). The van der Waals surface area contributed by atoms with E-state index in [4.69, 9.17) is 4.74 Å². The lowest BCUT2D eigenvalue weighted by Crippen LogP contribution is -2.34. The molecule has 180 valence electrons. The van der Waals surface area contributed by atoms with Gasteiger partial charge in [-0.25, -0.2) is 10.2 Å². The zero-order chi connectivity index (χ0) is 25.5. The number of ether oxygens (including phenoxy) is 1. The van der Waals surface area contributed by atoms with E-state index >= 15 is 0 Å². The van der Waals surface area contributed by atoms with Crippen LogP contribution >= 0.6 is 15.9 Å². The van der Waals surface area contributed by atoms with E-state index in [2.05, 4.69) is 31.8 Å². The van der Waals surface area contributed by atoms with Crippen LogP contribution in [0.1, 0.15) is 31.8 Å². The van der Waals surface area contributed by atoms with E-state index in [0.717, 1.165) is 20.8 Å². The van der Waals surface area contributed by atoms with Crippen molar-refractivity contribution in [3.63, 3.8) is 0 Å². The second-order valence-electron chi connectivity index (χ2n) is 7.94. The van der Waals surface area contributed by atoms with Gasteiger partial charge >= 0.3 is 5.97 Å². The predicted octanol–water partition coefficient (Wildman–Crippen LogP) is 5.01. The summed E-state index contributed by atoms with van der Waals surface area (Å²) in [5.74, 6) is -1.08. The Morgan fingerprint density at radius 1 is 0.917 bits per heavy atom. The van der Waals surface area contributed by atoms with Crippen LogP contribution in [0.4, 0.5) is 0 Å². The lowest BCUT2D eigenvalue weighted by atomic mass is 10.0. The fourth-order valence-corrected chi connectivity index (χ4v) is 3.93. The fourth-order valence-electron chi connectivity index (χ4n) is 3.53. The van der Waals surface area contributed by atoms with Gasteiger partial charge in [0.05, 0.1) is 18.3 Å². The average molecular weight is 544 g/mol. The Hall–Kier alpha value is -4.30. The number of hydrogen-bond acceptors (Lipinski definition) is 5. The standard InChI is InChI=1S/C28H22BrN3O4/c1-18-6-4-9-21(14-18)28(35)36-25-13-12-19-7-2-3-11-23(19)24(25)16-31-32-26(33)17-30-27(34)20-8-5-10-22(29)15-20/h2-16H,17H2,1H3,(H,30,34)(H,32,33)/b31-16-. The van der Waals surface area contributed by atoms with E-state index in [1.54, 1.807) is 48.5 Å². The van der Waals surface area contributed by atoms with Crippen LogP contribution in [0.25, 0.3) is 10.8 Å². The Balaban J connectivity index is 1.47. The molecule has 0 saturated carbocycles. The molecule has 0 saturated heterocycles. The van der Waals surface area contributed by atoms with Crippen LogP contribution in [-0.2, 0) is 4.79 Å². The number of hydrazone groups is 1. The van der Waals surface area contributed by atoms with Crippen molar-refractivity contribution < 1.29 is 19.1 Å². The molecule has 0 aliphatic carbocycles. The maximum atomic E-state index is 12.7. The minimum atomic E-state index is -0.506. The van der Waals surface area contributed by atoms with Crippen molar-refractivity contribution in [3.8, 4) is 5.75 Å². The molecule has 4 aromatic carbocycles. The van der Waals surface area contributed by atoms with E-state index in [0.29, 0.717) is 22.4 Å². The number of nitrogens with zero attached hydrogens (tertiary/aromatic N) is 1. The van der Waals surface area contributed by atoms with Crippen molar-refractivity contribution in [2.24, 2.45) is 5.10 Å². The third-order valence-corrected chi connectivity index (χ3v) is 5.76. The van der Waals surface area contributed by atoms with E-state index in [1.165, 1.54) is 6.21 Å². The van der Waals surface area contributed by atoms with Gasteiger partial charge in [-0.05, 0) is 54.1 Å². The molecule has 0 bridgehead atoms. The molecule has 7 nitrogen and oxygen atoms in total. The first kappa shape index (κ1) is 24.8. The van der Waals surface area contributed by atoms with Crippen LogP contribution in [0.2, 0.25) is 0 Å². The van der Waals surface area contributed by atoms with E-state index in [9.17, 15) is 14.4 Å². The largest absolute Gasteiger partial charge is 0.422 e. The van der Waals surface area contributed by atoms with Crippen molar-refractivity contribution >= 4 is 50.7 Å². The van der Waals surface area contributed by atoms with E-state index in [1.807, 2.05) is 43.3 Å². The van der Waals surface area contributed by atoms with Gasteiger partial charge in [0.15, 0.2) is 0 Å². The Labute approximate surface area is 216 Å². The molecule has 8 heteroatoms. The minimum Gasteiger partial charge on any atom is -0.422 e. The van der Waals surface area contributed by atoms with Crippen LogP contribution in [-0.4, -0.2) is 30.5 Å². The number of hydrogen-bond donors (Lipinski definition) is 2. The Kier molecular flexibility index (Phi) is 7.87. The predicted molar refractivity (Wildman–Crippen MR) is 142 cm³/mol. The molecule has 0 heterocycles. The number of fused-ring (bicyclic) bond motifs is 1. The molecule has 0 aliphatic heterocycles. The van der Waals surface area contributed by atoms with Gasteiger partial charge in [-0.2, -0.15) is 5.10 Å². The molecule has 4 aromatic rings. The maximum Gasteiger partial charge on any atom is 0.343 e. The third-order valence-electron chi connectivity index (χ3n) is 5.27. The highest BCUT2D eigenvalue weighted by Crippen LogP contribution is 2.27. The number of benzene rings is 4. The zero-order valence-electron chi connectivity index (χ0n) is 19.3. The van der Waals surface area contributed by atoms with E-state index in [-0.39, 0.29) is 12.5 Å². The summed E-state index contributed by atoms with van der Waals surface area (Å²) in [7, 11) is 0. The van der Waals surface area contributed by atoms with Gasteiger partial charge in [-0.3, -0.25) is 9.59 Å². The first-order chi connectivity index (χ1) is 17.4. The molecule has 2 amide bonds. The van der Waals surface area contributed by atoms with Crippen molar-refractivity contribution in [2.45, 2.75) is 6.92 Å². The first-order valence-electron chi connectivity index (χ1n) is 11.1. The number of carbonyl (C=O) groups is 3. The number of rotatable bonds is 7. The quantitative estimate of drug-likeness (QED) is 0.148. The maximum absolute atomic E-state index is 12.7. The van der Waals surface area contributed by atoms with Gasteiger partial charge in [-0.1, -0.05) is 70.0 Å². The number of nitrogens with one attached hydrogen (secondary N) is 2. The zero-order valence-corrected chi connectivity index (χ0v) is 20.9. The van der Waals surface area contributed by atoms with Gasteiger partial charge in [0.2, 0.25) is 0 Å². The van der Waals surface area contributed by atoms with Crippen LogP contribution in [0, 0.1) is 6.92 Å². The van der Waals surface area contributed by atoms with Gasteiger partial charge in [-0.15, -0.1) is 0 Å². The molecule has 0 aliphatic rings. The summed E-state index contributed by atoms with van der Waals surface area (Å²) in [6, 6.07) is 25.1. The van der Waals surface area contributed by atoms with Gasteiger partial charge in [0.1, 0.15) is 5.75 Å². The van der Waals surface area contributed by atoms with Crippen LogP contribution in [0.15, 0.2) is 94.5 Å². The van der Waals surface area contributed by atoms with Crippen LogP contribution < -0.4 is 15.5 Å². The molecular formula is C28H22BrN3O4. The number of amides is 2. The molecule has 0 fully saturated rings. The highest BCUT2D eigenvalue weighted by Gasteiger charge is 2.14. The fraction of sp³-hybridized carbons (Fsp3) is 0.0714. The topological polar surface area (TPSA) is 96.9 Å². The molecule has 0 atom stereocenters. The van der Waals surface area contributed by atoms with Crippen molar-refractivity contribution in [1.82, 2.24) is 10.7 Å². The normalized spacial score (nSPS) is 10.8. The lowest BCUT2D eigenvalue weighted by Gasteiger charge is -2.11. The Morgan fingerprint density at radius 2 is 1.69 bits per heavy atom. The van der Waals surface area contributed by atoms with E-state index < -0.39 is 11.9 Å². The second kappa shape index (κ2) is 11.4. The third kappa shape index (κ3) is 6.22. The number of esters is 1. The number of carbonyl (C=O) groups excluding carboxylic acids is 3. The van der Waals surface area contributed by atoms with Crippen molar-refractivity contribution in [2.75, 3.05) is 6.54 Å². The Bertz CT molecular complexity index is 1480. The summed E-state index contributed by atoms with van der Waals surface area (Å²) in [6.45, 7) is 1.64. The highest BCUT2D eigenvalue weighted by atomic mass is 79.9. The average Bonchev–Trinajstić information content (AvgIpc) is 2.88. The summed E-state index contributed by atoms with van der Waals surface area (Å²) in [6.07, 6.45) is 1.43. The monoisotopic (exact) mass is 543 g/mol. The van der Waals surface area contributed by atoms with Gasteiger partial charge in [0.25, 0.3) is 11.8 Å². The molecule has 2 N–H and O–H groups in total. The Morgan fingerprint density at radius 3 is 2.50 bits per heavy atom. The van der Waals surface area contributed by atoms with Crippen LogP contribution in [0.5, 0.6) is 5.75 Å². The summed E-state index contributed by atoms with van der Waals surface area (Å²) >= 11 is 3.31. The number of aryl methyl sites for hydroxylation is 1. The smallest absolute Gasteiger partial charge is 0.343 e. The molecule has 0 spiro atoms. The summed E-state index contributed by atoms with van der Waals surface area (Å²) in [4.78, 5) is 37.2. The first-order valence-corrected chi connectivity index (χ1v) is 11.9. The van der Waals surface area contributed by atoms with Gasteiger partial charge in [0, 0.05) is 15.6 Å².